The Labute approximate surface area is 101 Å². The highest BCUT2D eigenvalue weighted by Crippen LogP contribution is 2.50. The quantitative estimate of drug-likeness (QED) is 0.790. The molecule has 0 aliphatic heterocycles. The van der Waals surface area contributed by atoms with Gasteiger partial charge in [0.25, 0.3) is 7.37 Å². The predicted octanol–water partition coefficient (Wildman–Crippen LogP) is 1.92. The fourth-order valence-electron chi connectivity index (χ4n) is 1.54. The number of carbonyl (C=O) groups is 1. The minimum absolute atomic E-state index is 0.161. The molecule has 0 spiro atoms. The average Bonchev–Trinajstić information content (AvgIpc) is 2.29. The van der Waals surface area contributed by atoms with E-state index in [-0.39, 0.29) is 18.8 Å². The van der Waals surface area contributed by atoms with Gasteiger partial charge in [-0.05, 0) is 26.0 Å². The molecule has 0 aliphatic rings. The number of carbonyl (C=O) groups excluding carboxylic acids is 1. The minimum atomic E-state index is -3.38. The third-order valence-electron chi connectivity index (χ3n) is 2.30. The lowest BCUT2D eigenvalue weighted by Gasteiger charge is -2.22. The summed E-state index contributed by atoms with van der Waals surface area (Å²) in [7, 11) is -3.38. The van der Waals surface area contributed by atoms with Gasteiger partial charge in [-0.1, -0.05) is 18.2 Å². The van der Waals surface area contributed by atoms with Crippen LogP contribution in [0.4, 0.5) is 0 Å². The molecule has 1 aromatic rings. The molecule has 1 rings (SSSR count). The number of hydrogen-bond acceptors (Lipinski definition) is 4. The lowest BCUT2D eigenvalue weighted by Crippen LogP contribution is -2.21. The standard InChI is InChI=1S/C12H17O4P/c1-3-16-17(15,12(14)9-10(2)13)11-7-5-4-6-8-11/h4-8,12,14H,3,9H2,1-2H3/t12-,17-/m0/s1. The molecule has 0 heterocycles. The minimum Gasteiger partial charge on any atom is -0.382 e. The van der Waals surface area contributed by atoms with Gasteiger partial charge < -0.3 is 9.63 Å². The molecule has 17 heavy (non-hydrogen) atoms. The van der Waals surface area contributed by atoms with Crippen molar-refractivity contribution in [1.82, 2.24) is 0 Å². The molecule has 0 aliphatic carbocycles. The van der Waals surface area contributed by atoms with Crippen LogP contribution < -0.4 is 5.30 Å². The monoisotopic (exact) mass is 256 g/mol. The number of benzene rings is 1. The molecule has 94 valence electrons. The van der Waals surface area contributed by atoms with E-state index in [1.807, 2.05) is 0 Å². The summed E-state index contributed by atoms with van der Waals surface area (Å²) >= 11 is 0. The second kappa shape index (κ2) is 6.10. The highest BCUT2D eigenvalue weighted by molar-refractivity contribution is 7.67. The Kier molecular flexibility index (Phi) is 5.06. The van der Waals surface area contributed by atoms with Crippen molar-refractivity contribution < 1.29 is 19.0 Å². The van der Waals surface area contributed by atoms with Crippen LogP contribution in [0.1, 0.15) is 20.3 Å². The van der Waals surface area contributed by atoms with E-state index in [0.29, 0.717) is 5.30 Å². The molecule has 0 bridgehead atoms. The number of rotatable bonds is 6. The first kappa shape index (κ1) is 14.1. The van der Waals surface area contributed by atoms with Crippen molar-refractivity contribution in [2.24, 2.45) is 0 Å². The van der Waals surface area contributed by atoms with Gasteiger partial charge in [-0.3, -0.25) is 9.36 Å². The summed E-state index contributed by atoms with van der Waals surface area (Å²) in [6.07, 6.45) is -0.161. The zero-order valence-corrected chi connectivity index (χ0v) is 10.9. The Morgan fingerprint density at radius 2 is 2.00 bits per heavy atom. The van der Waals surface area contributed by atoms with Crippen LogP contribution in [0.2, 0.25) is 0 Å². The Balaban J connectivity index is 3.05. The third-order valence-corrected chi connectivity index (χ3v) is 4.93. The zero-order valence-electron chi connectivity index (χ0n) is 10.00. The van der Waals surface area contributed by atoms with Gasteiger partial charge in [0, 0.05) is 11.7 Å². The van der Waals surface area contributed by atoms with E-state index in [0.717, 1.165) is 0 Å². The summed E-state index contributed by atoms with van der Waals surface area (Å²) in [4.78, 5) is 11.0. The number of hydrogen-bond donors (Lipinski definition) is 1. The number of Topliss-reactive ketones (excluding diaryl/α,β-unsaturated/α-hetero) is 1. The van der Waals surface area contributed by atoms with Crippen LogP contribution in [0.25, 0.3) is 0 Å². The Hall–Kier alpha value is -0.960. The molecule has 0 saturated carbocycles. The largest absolute Gasteiger partial charge is 0.382 e. The third kappa shape index (κ3) is 3.50. The molecule has 0 aromatic heterocycles. The average molecular weight is 256 g/mol. The molecule has 5 heteroatoms. The van der Waals surface area contributed by atoms with Crippen molar-refractivity contribution in [2.75, 3.05) is 6.61 Å². The van der Waals surface area contributed by atoms with Crippen LogP contribution in [-0.4, -0.2) is 23.3 Å². The van der Waals surface area contributed by atoms with Crippen LogP contribution >= 0.6 is 7.37 Å². The molecule has 0 unspecified atom stereocenters. The van der Waals surface area contributed by atoms with Crippen molar-refractivity contribution in [3.8, 4) is 0 Å². The molecule has 1 aromatic carbocycles. The summed E-state index contributed by atoms with van der Waals surface area (Å²) in [6.45, 7) is 3.28. The zero-order chi connectivity index (χ0) is 12.9. The predicted molar refractivity (Wildman–Crippen MR) is 66.6 cm³/mol. The smallest absolute Gasteiger partial charge is 0.260 e. The lowest BCUT2D eigenvalue weighted by atomic mass is 10.3. The highest BCUT2D eigenvalue weighted by Gasteiger charge is 2.35. The maximum Gasteiger partial charge on any atom is 0.260 e. The number of aliphatic hydroxyl groups excluding tert-OH is 1. The van der Waals surface area contributed by atoms with Crippen molar-refractivity contribution in [3.63, 3.8) is 0 Å². The van der Waals surface area contributed by atoms with Crippen LogP contribution in [0.3, 0.4) is 0 Å². The van der Waals surface area contributed by atoms with Gasteiger partial charge in [0.05, 0.1) is 6.61 Å². The molecule has 4 nitrogen and oxygen atoms in total. The molecule has 1 N–H and O–H groups in total. The molecular weight excluding hydrogens is 239 g/mol. The fraction of sp³-hybridized carbons (Fsp3) is 0.417. The van der Waals surface area contributed by atoms with E-state index < -0.39 is 13.2 Å². The van der Waals surface area contributed by atoms with Gasteiger partial charge in [0.2, 0.25) is 0 Å². The number of ketones is 1. The first-order valence-corrected chi connectivity index (χ1v) is 7.17. The van der Waals surface area contributed by atoms with Crippen molar-refractivity contribution in [1.29, 1.82) is 0 Å². The van der Waals surface area contributed by atoms with Crippen LogP contribution in [0, 0.1) is 0 Å². The summed E-state index contributed by atoms with van der Waals surface area (Å²) in [5.41, 5.74) is 0. The molecule has 0 radical (unpaired) electrons. The van der Waals surface area contributed by atoms with E-state index in [1.54, 1.807) is 37.3 Å². The normalized spacial score (nSPS) is 16.2. The van der Waals surface area contributed by atoms with E-state index >= 15 is 0 Å². The summed E-state index contributed by atoms with van der Waals surface area (Å²) in [6, 6.07) is 8.51. The van der Waals surface area contributed by atoms with Crippen LogP contribution in [0.15, 0.2) is 30.3 Å². The number of aliphatic hydroxyl groups is 1. The Morgan fingerprint density at radius 3 is 2.47 bits per heavy atom. The van der Waals surface area contributed by atoms with E-state index in [1.165, 1.54) is 6.92 Å². The Bertz CT molecular complexity index is 416. The fourth-order valence-corrected chi connectivity index (χ4v) is 3.67. The van der Waals surface area contributed by atoms with Gasteiger partial charge >= 0.3 is 0 Å². The maximum absolute atomic E-state index is 12.6. The second-order valence-electron chi connectivity index (χ2n) is 3.74. The van der Waals surface area contributed by atoms with Gasteiger partial charge in [-0.25, -0.2) is 0 Å². The molecule has 0 saturated heterocycles. The molecule has 0 amide bonds. The molecule has 2 atom stereocenters. The first-order valence-electron chi connectivity index (χ1n) is 5.48. The maximum atomic E-state index is 12.6. The lowest BCUT2D eigenvalue weighted by molar-refractivity contribution is -0.118. The second-order valence-corrected chi connectivity index (χ2v) is 6.30. The van der Waals surface area contributed by atoms with E-state index in [9.17, 15) is 14.5 Å². The van der Waals surface area contributed by atoms with E-state index in [4.69, 9.17) is 4.52 Å². The SMILES string of the molecule is CCO[P@@](=O)(c1ccccc1)[C@H](O)CC(C)=O. The van der Waals surface area contributed by atoms with Crippen LogP contribution in [-0.2, 0) is 13.9 Å². The van der Waals surface area contributed by atoms with Gasteiger partial charge in [-0.15, -0.1) is 0 Å². The topological polar surface area (TPSA) is 63.6 Å². The van der Waals surface area contributed by atoms with Crippen molar-refractivity contribution in [3.05, 3.63) is 30.3 Å². The first-order chi connectivity index (χ1) is 8.00. The van der Waals surface area contributed by atoms with Gasteiger partial charge in [0.15, 0.2) is 0 Å². The summed E-state index contributed by atoms with van der Waals surface area (Å²) in [5, 5.41) is 10.4. The summed E-state index contributed by atoms with van der Waals surface area (Å²) in [5.74, 6) is -1.49. The van der Waals surface area contributed by atoms with Crippen molar-refractivity contribution >= 4 is 18.5 Å². The summed E-state index contributed by atoms with van der Waals surface area (Å²) < 4.78 is 17.9. The van der Waals surface area contributed by atoms with Gasteiger partial charge in [0.1, 0.15) is 11.6 Å². The van der Waals surface area contributed by atoms with Gasteiger partial charge in [-0.2, -0.15) is 0 Å². The van der Waals surface area contributed by atoms with Crippen LogP contribution in [0.5, 0.6) is 0 Å². The van der Waals surface area contributed by atoms with Crippen molar-refractivity contribution in [2.45, 2.75) is 26.1 Å². The molecular formula is C12H17O4P. The Morgan fingerprint density at radius 1 is 1.41 bits per heavy atom. The molecule has 0 fully saturated rings. The highest BCUT2D eigenvalue weighted by atomic mass is 31.2. The van der Waals surface area contributed by atoms with E-state index in [2.05, 4.69) is 0 Å².